The van der Waals surface area contributed by atoms with Gasteiger partial charge in [-0.25, -0.2) is 4.98 Å². The van der Waals surface area contributed by atoms with Gasteiger partial charge in [-0.05, 0) is 6.07 Å². The molecule has 0 amide bonds. The van der Waals surface area contributed by atoms with Gasteiger partial charge in [0.25, 0.3) is 0 Å². The van der Waals surface area contributed by atoms with Crippen molar-refractivity contribution in [1.29, 1.82) is 5.26 Å². The van der Waals surface area contributed by atoms with Gasteiger partial charge in [-0.3, -0.25) is 0 Å². The molecular formula is C8H8Cl3N3. The van der Waals surface area contributed by atoms with Crippen LogP contribution in [0.25, 0.3) is 0 Å². The third-order valence-electron chi connectivity index (χ3n) is 1.55. The molecule has 0 fully saturated rings. The van der Waals surface area contributed by atoms with Gasteiger partial charge < -0.3 is 5.73 Å². The van der Waals surface area contributed by atoms with Crippen LogP contribution in [0, 0.1) is 11.3 Å². The molecule has 0 aliphatic rings. The summed E-state index contributed by atoms with van der Waals surface area (Å²) >= 11 is 11.4. The SMILES string of the molecule is Cl.N#CC[C@@H](N)c1ccc(Cl)nc1Cl. The second kappa shape index (κ2) is 6.05. The molecule has 14 heavy (non-hydrogen) atoms. The molecule has 3 nitrogen and oxygen atoms in total. The van der Waals surface area contributed by atoms with Gasteiger partial charge in [-0.2, -0.15) is 5.26 Å². The van der Waals surface area contributed by atoms with Crippen molar-refractivity contribution in [1.82, 2.24) is 4.98 Å². The van der Waals surface area contributed by atoms with E-state index in [1.165, 1.54) is 0 Å². The smallest absolute Gasteiger partial charge is 0.135 e. The van der Waals surface area contributed by atoms with E-state index in [0.717, 1.165) is 0 Å². The molecule has 0 aliphatic carbocycles. The summed E-state index contributed by atoms with van der Waals surface area (Å²) < 4.78 is 0. The molecule has 6 heteroatoms. The van der Waals surface area contributed by atoms with E-state index in [0.29, 0.717) is 10.7 Å². The molecule has 0 saturated carbocycles. The Morgan fingerprint density at radius 2 is 2.14 bits per heavy atom. The van der Waals surface area contributed by atoms with Crippen molar-refractivity contribution in [3.63, 3.8) is 0 Å². The lowest BCUT2D eigenvalue weighted by Crippen LogP contribution is -2.10. The number of hydrogen-bond donors (Lipinski definition) is 1. The molecule has 2 N–H and O–H groups in total. The van der Waals surface area contributed by atoms with Crippen LogP contribution in [0.4, 0.5) is 0 Å². The Kier molecular flexibility index (Phi) is 5.82. The van der Waals surface area contributed by atoms with Crippen LogP contribution in [0.1, 0.15) is 18.0 Å². The second-order valence-electron chi connectivity index (χ2n) is 2.48. The zero-order chi connectivity index (χ0) is 9.84. The monoisotopic (exact) mass is 251 g/mol. The van der Waals surface area contributed by atoms with E-state index in [9.17, 15) is 0 Å². The number of halogens is 3. The van der Waals surface area contributed by atoms with E-state index in [4.69, 9.17) is 34.2 Å². The number of nitrogens with zero attached hydrogens (tertiary/aromatic N) is 2. The van der Waals surface area contributed by atoms with E-state index in [-0.39, 0.29) is 24.0 Å². The molecule has 1 rings (SSSR count). The molecule has 1 aromatic rings. The van der Waals surface area contributed by atoms with E-state index >= 15 is 0 Å². The Morgan fingerprint density at radius 1 is 1.50 bits per heavy atom. The van der Waals surface area contributed by atoms with Gasteiger partial charge in [-0.15, -0.1) is 12.4 Å². The Balaban J connectivity index is 0.00000169. The Bertz CT molecular complexity index is 348. The van der Waals surface area contributed by atoms with Gasteiger partial charge >= 0.3 is 0 Å². The lowest BCUT2D eigenvalue weighted by Gasteiger charge is -2.08. The minimum Gasteiger partial charge on any atom is -0.323 e. The number of rotatable bonds is 2. The number of nitrogens with two attached hydrogens (primary N) is 1. The zero-order valence-corrected chi connectivity index (χ0v) is 9.40. The lowest BCUT2D eigenvalue weighted by atomic mass is 10.1. The highest BCUT2D eigenvalue weighted by Crippen LogP contribution is 2.23. The summed E-state index contributed by atoms with van der Waals surface area (Å²) in [4.78, 5) is 3.82. The summed E-state index contributed by atoms with van der Waals surface area (Å²) in [7, 11) is 0. The molecule has 0 aliphatic heterocycles. The van der Waals surface area contributed by atoms with Crippen LogP contribution in [0.15, 0.2) is 12.1 Å². The fraction of sp³-hybridized carbons (Fsp3) is 0.250. The molecule has 0 bridgehead atoms. The molecule has 0 radical (unpaired) electrons. The normalized spacial score (nSPS) is 11.3. The topological polar surface area (TPSA) is 62.7 Å². The molecule has 0 spiro atoms. The summed E-state index contributed by atoms with van der Waals surface area (Å²) in [5.74, 6) is 0. The van der Waals surface area contributed by atoms with Crippen LogP contribution < -0.4 is 5.73 Å². The third kappa shape index (κ3) is 3.32. The molecule has 0 aromatic carbocycles. The van der Waals surface area contributed by atoms with Crippen molar-refractivity contribution < 1.29 is 0 Å². The molecule has 1 atom stereocenters. The van der Waals surface area contributed by atoms with E-state index in [1.807, 2.05) is 6.07 Å². The lowest BCUT2D eigenvalue weighted by molar-refractivity contribution is 0.744. The fourth-order valence-corrected chi connectivity index (χ4v) is 1.39. The summed E-state index contributed by atoms with van der Waals surface area (Å²) in [6, 6.07) is 4.84. The minimum atomic E-state index is -0.401. The van der Waals surface area contributed by atoms with E-state index in [1.54, 1.807) is 12.1 Å². The molecule has 1 aromatic heterocycles. The number of nitriles is 1. The van der Waals surface area contributed by atoms with Gasteiger partial charge in [-0.1, -0.05) is 29.3 Å². The third-order valence-corrected chi connectivity index (χ3v) is 2.07. The molecule has 0 unspecified atom stereocenters. The van der Waals surface area contributed by atoms with Crippen LogP contribution >= 0.6 is 35.6 Å². The number of pyridine rings is 1. The Hall–Kier alpha value is -0.530. The van der Waals surface area contributed by atoms with Crippen molar-refractivity contribution in [3.8, 4) is 6.07 Å². The molecule has 76 valence electrons. The van der Waals surface area contributed by atoms with E-state index < -0.39 is 6.04 Å². The highest BCUT2D eigenvalue weighted by atomic mass is 35.5. The van der Waals surface area contributed by atoms with Gasteiger partial charge in [0, 0.05) is 11.6 Å². The molecule has 1 heterocycles. The van der Waals surface area contributed by atoms with Crippen LogP contribution in [-0.4, -0.2) is 4.98 Å². The van der Waals surface area contributed by atoms with Crippen molar-refractivity contribution in [3.05, 3.63) is 28.0 Å². The Morgan fingerprint density at radius 3 is 2.64 bits per heavy atom. The second-order valence-corrected chi connectivity index (χ2v) is 3.23. The summed E-state index contributed by atoms with van der Waals surface area (Å²) in [5.41, 5.74) is 6.31. The quantitative estimate of drug-likeness (QED) is 0.823. The molecule has 0 saturated heterocycles. The van der Waals surface area contributed by atoms with Crippen molar-refractivity contribution in [2.45, 2.75) is 12.5 Å². The predicted octanol–water partition coefficient (Wildman–Crippen LogP) is 2.72. The minimum absolute atomic E-state index is 0. The summed E-state index contributed by atoms with van der Waals surface area (Å²) in [5, 5.41) is 9.00. The maximum atomic E-state index is 8.42. The largest absolute Gasteiger partial charge is 0.323 e. The standard InChI is InChI=1S/C8H7Cl2N3.ClH/c9-7-2-1-5(8(10)13-7)6(12)3-4-11;/h1-2,6H,3,12H2;1H/t6-;/m1./s1. The summed E-state index contributed by atoms with van der Waals surface area (Å²) in [6.07, 6.45) is 0.211. The van der Waals surface area contributed by atoms with Gasteiger partial charge in [0.2, 0.25) is 0 Å². The van der Waals surface area contributed by atoms with Gasteiger partial charge in [0.1, 0.15) is 10.3 Å². The highest BCUT2D eigenvalue weighted by Gasteiger charge is 2.10. The predicted molar refractivity (Wildman–Crippen MR) is 58.7 cm³/mol. The van der Waals surface area contributed by atoms with Crippen molar-refractivity contribution in [2.75, 3.05) is 0 Å². The van der Waals surface area contributed by atoms with Crippen molar-refractivity contribution in [2.24, 2.45) is 5.73 Å². The first-order chi connectivity index (χ1) is 6.15. The fourth-order valence-electron chi connectivity index (χ4n) is 0.908. The summed E-state index contributed by atoms with van der Waals surface area (Å²) in [6.45, 7) is 0. The molecular weight excluding hydrogens is 244 g/mol. The van der Waals surface area contributed by atoms with Crippen molar-refractivity contribution >= 4 is 35.6 Å². The maximum absolute atomic E-state index is 8.42. The van der Waals surface area contributed by atoms with Crippen LogP contribution in [0.3, 0.4) is 0 Å². The number of hydrogen-bond acceptors (Lipinski definition) is 3. The zero-order valence-electron chi connectivity index (χ0n) is 7.08. The maximum Gasteiger partial charge on any atom is 0.135 e. The average molecular weight is 253 g/mol. The first-order valence-electron chi connectivity index (χ1n) is 3.59. The van der Waals surface area contributed by atoms with Crippen LogP contribution in [-0.2, 0) is 0 Å². The highest BCUT2D eigenvalue weighted by molar-refractivity contribution is 6.32. The Labute approximate surface area is 98.2 Å². The number of aromatic nitrogens is 1. The van der Waals surface area contributed by atoms with E-state index in [2.05, 4.69) is 4.98 Å². The first-order valence-corrected chi connectivity index (χ1v) is 4.35. The van der Waals surface area contributed by atoms with Crippen LogP contribution in [0.2, 0.25) is 10.3 Å². The first kappa shape index (κ1) is 13.5. The van der Waals surface area contributed by atoms with Gasteiger partial charge in [0.15, 0.2) is 0 Å². The average Bonchev–Trinajstić information content (AvgIpc) is 2.04. The van der Waals surface area contributed by atoms with Crippen LogP contribution in [0.5, 0.6) is 0 Å². The van der Waals surface area contributed by atoms with Gasteiger partial charge in [0.05, 0.1) is 12.5 Å².